The van der Waals surface area contributed by atoms with Crippen molar-refractivity contribution in [1.29, 1.82) is 0 Å². The third kappa shape index (κ3) is 2.51. The molecule has 0 fully saturated rings. The van der Waals surface area contributed by atoms with Crippen LogP contribution in [0, 0.1) is 0 Å². The number of anilines is 1. The second kappa shape index (κ2) is 5.24. The molecule has 19 heavy (non-hydrogen) atoms. The first-order valence-corrected chi connectivity index (χ1v) is 6.52. The number of hydrogen-bond donors (Lipinski definition) is 2. The SMILES string of the molecule is O=C(Nc1cccc2c1CCNC2)c1ccccc1. The van der Waals surface area contributed by atoms with Crippen LogP contribution in [-0.4, -0.2) is 12.5 Å². The lowest BCUT2D eigenvalue weighted by molar-refractivity contribution is 0.102. The fourth-order valence-corrected chi connectivity index (χ4v) is 2.43. The van der Waals surface area contributed by atoms with Crippen molar-refractivity contribution < 1.29 is 4.79 Å². The summed E-state index contributed by atoms with van der Waals surface area (Å²) in [6.07, 6.45) is 0.959. The van der Waals surface area contributed by atoms with Crippen LogP contribution in [0.2, 0.25) is 0 Å². The third-order valence-corrected chi connectivity index (χ3v) is 3.42. The van der Waals surface area contributed by atoms with E-state index in [1.807, 2.05) is 42.5 Å². The van der Waals surface area contributed by atoms with Crippen LogP contribution in [0.15, 0.2) is 48.5 Å². The van der Waals surface area contributed by atoms with Gasteiger partial charge in [-0.2, -0.15) is 0 Å². The highest BCUT2D eigenvalue weighted by molar-refractivity contribution is 6.04. The van der Waals surface area contributed by atoms with Gasteiger partial charge in [0.15, 0.2) is 0 Å². The summed E-state index contributed by atoms with van der Waals surface area (Å²) in [5, 5.41) is 6.36. The fraction of sp³-hybridized carbons (Fsp3) is 0.188. The van der Waals surface area contributed by atoms with Gasteiger partial charge < -0.3 is 10.6 Å². The maximum Gasteiger partial charge on any atom is 0.255 e. The molecule has 1 heterocycles. The molecule has 0 radical (unpaired) electrons. The van der Waals surface area contributed by atoms with Gasteiger partial charge in [0.1, 0.15) is 0 Å². The Bertz CT molecular complexity index is 593. The molecule has 2 aromatic rings. The molecular weight excluding hydrogens is 236 g/mol. The number of rotatable bonds is 2. The normalized spacial score (nSPS) is 13.7. The summed E-state index contributed by atoms with van der Waals surface area (Å²) in [5.41, 5.74) is 4.16. The second-order valence-electron chi connectivity index (χ2n) is 4.69. The Morgan fingerprint density at radius 3 is 2.74 bits per heavy atom. The van der Waals surface area contributed by atoms with Crippen molar-refractivity contribution >= 4 is 11.6 Å². The zero-order valence-corrected chi connectivity index (χ0v) is 10.6. The largest absolute Gasteiger partial charge is 0.322 e. The van der Waals surface area contributed by atoms with Gasteiger partial charge in [-0.3, -0.25) is 4.79 Å². The van der Waals surface area contributed by atoms with Crippen molar-refractivity contribution in [2.75, 3.05) is 11.9 Å². The van der Waals surface area contributed by atoms with Crippen LogP contribution in [0.25, 0.3) is 0 Å². The zero-order valence-electron chi connectivity index (χ0n) is 10.6. The molecule has 0 saturated carbocycles. The molecule has 3 rings (SSSR count). The van der Waals surface area contributed by atoms with E-state index in [0.717, 1.165) is 25.2 Å². The highest BCUT2D eigenvalue weighted by Gasteiger charge is 2.14. The quantitative estimate of drug-likeness (QED) is 0.862. The van der Waals surface area contributed by atoms with Crippen LogP contribution in [0.4, 0.5) is 5.69 Å². The molecule has 0 spiro atoms. The molecule has 0 unspecified atom stereocenters. The number of carbonyl (C=O) groups is 1. The standard InChI is InChI=1S/C16H16N2O/c19-16(12-5-2-1-3-6-12)18-15-8-4-7-13-11-17-10-9-14(13)15/h1-8,17H,9-11H2,(H,18,19). The van der Waals surface area contributed by atoms with E-state index in [1.165, 1.54) is 11.1 Å². The van der Waals surface area contributed by atoms with Gasteiger partial charge in [-0.15, -0.1) is 0 Å². The molecule has 0 saturated heterocycles. The minimum absolute atomic E-state index is 0.0486. The molecule has 0 bridgehead atoms. The zero-order chi connectivity index (χ0) is 13.1. The van der Waals surface area contributed by atoms with Crippen molar-refractivity contribution in [3.8, 4) is 0 Å². The van der Waals surface area contributed by atoms with Gasteiger partial charge in [-0.05, 0) is 42.3 Å². The van der Waals surface area contributed by atoms with Gasteiger partial charge in [0.2, 0.25) is 0 Å². The first kappa shape index (κ1) is 11.9. The van der Waals surface area contributed by atoms with Gasteiger partial charge in [0.05, 0.1) is 0 Å². The summed E-state index contributed by atoms with van der Waals surface area (Å²) in [6, 6.07) is 15.4. The lowest BCUT2D eigenvalue weighted by Crippen LogP contribution is -2.25. The number of benzene rings is 2. The maximum absolute atomic E-state index is 12.2. The van der Waals surface area contributed by atoms with Crippen molar-refractivity contribution in [2.45, 2.75) is 13.0 Å². The smallest absolute Gasteiger partial charge is 0.255 e. The fourth-order valence-electron chi connectivity index (χ4n) is 2.43. The first-order valence-electron chi connectivity index (χ1n) is 6.52. The molecule has 3 heteroatoms. The molecule has 2 aromatic carbocycles. The van der Waals surface area contributed by atoms with Gasteiger partial charge >= 0.3 is 0 Å². The molecule has 0 aromatic heterocycles. The molecular formula is C16H16N2O. The summed E-state index contributed by atoms with van der Waals surface area (Å²) < 4.78 is 0. The molecule has 3 nitrogen and oxygen atoms in total. The summed E-state index contributed by atoms with van der Waals surface area (Å²) in [4.78, 5) is 12.2. The Morgan fingerprint density at radius 2 is 1.89 bits per heavy atom. The summed E-state index contributed by atoms with van der Waals surface area (Å²) in [7, 11) is 0. The molecule has 0 aliphatic carbocycles. The van der Waals surface area contributed by atoms with E-state index in [1.54, 1.807) is 0 Å². The number of hydrogen-bond acceptors (Lipinski definition) is 2. The van der Waals surface area contributed by atoms with E-state index in [4.69, 9.17) is 0 Å². The van der Waals surface area contributed by atoms with Gasteiger partial charge in [-0.1, -0.05) is 30.3 Å². The molecule has 0 atom stereocenters. The van der Waals surface area contributed by atoms with Crippen molar-refractivity contribution in [3.63, 3.8) is 0 Å². The van der Waals surface area contributed by atoms with Crippen molar-refractivity contribution in [2.24, 2.45) is 0 Å². The van der Waals surface area contributed by atoms with Crippen LogP contribution >= 0.6 is 0 Å². The predicted octanol–water partition coefficient (Wildman–Crippen LogP) is 2.58. The van der Waals surface area contributed by atoms with Crippen LogP contribution in [-0.2, 0) is 13.0 Å². The van der Waals surface area contributed by atoms with Crippen LogP contribution in [0.3, 0.4) is 0 Å². The lowest BCUT2D eigenvalue weighted by Gasteiger charge is -2.20. The minimum Gasteiger partial charge on any atom is -0.322 e. The van der Waals surface area contributed by atoms with Crippen LogP contribution in [0.1, 0.15) is 21.5 Å². The number of carbonyl (C=O) groups excluding carboxylic acids is 1. The third-order valence-electron chi connectivity index (χ3n) is 3.42. The van der Waals surface area contributed by atoms with E-state index >= 15 is 0 Å². The van der Waals surface area contributed by atoms with Crippen molar-refractivity contribution in [1.82, 2.24) is 5.32 Å². The average molecular weight is 252 g/mol. The Kier molecular flexibility index (Phi) is 3.29. The minimum atomic E-state index is -0.0486. The average Bonchev–Trinajstić information content (AvgIpc) is 2.48. The Balaban J connectivity index is 1.86. The van der Waals surface area contributed by atoms with Crippen LogP contribution in [0.5, 0.6) is 0 Å². The van der Waals surface area contributed by atoms with Crippen molar-refractivity contribution in [3.05, 3.63) is 65.2 Å². The number of amides is 1. The molecule has 2 N–H and O–H groups in total. The van der Waals surface area contributed by atoms with Gasteiger partial charge in [0, 0.05) is 17.8 Å². The topological polar surface area (TPSA) is 41.1 Å². The highest BCUT2D eigenvalue weighted by Crippen LogP contribution is 2.23. The van der Waals surface area contributed by atoms with E-state index < -0.39 is 0 Å². The monoisotopic (exact) mass is 252 g/mol. The van der Waals surface area contributed by atoms with E-state index in [2.05, 4.69) is 16.7 Å². The predicted molar refractivity (Wildman–Crippen MR) is 76.2 cm³/mol. The summed E-state index contributed by atoms with van der Waals surface area (Å²) in [5.74, 6) is -0.0486. The Hall–Kier alpha value is -2.13. The molecule has 1 amide bonds. The molecule has 96 valence electrons. The van der Waals surface area contributed by atoms with E-state index in [0.29, 0.717) is 5.56 Å². The van der Waals surface area contributed by atoms with Crippen LogP contribution < -0.4 is 10.6 Å². The summed E-state index contributed by atoms with van der Waals surface area (Å²) in [6.45, 7) is 1.84. The Labute approximate surface area is 112 Å². The van der Waals surface area contributed by atoms with Gasteiger partial charge in [-0.25, -0.2) is 0 Å². The van der Waals surface area contributed by atoms with E-state index in [9.17, 15) is 4.79 Å². The van der Waals surface area contributed by atoms with E-state index in [-0.39, 0.29) is 5.91 Å². The second-order valence-corrected chi connectivity index (χ2v) is 4.69. The maximum atomic E-state index is 12.2. The number of nitrogens with one attached hydrogen (secondary N) is 2. The lowest BCUT2D eigenvalue weighted by atomic mass is 9.99. The highest BCUT2D eigenvalue weighted by atomic mass is 16.1. The van der Waals surface area contributed by atoms with Gasteiger partial charge in [0.25, 0.3) is 5.91 Å². The first-order chi connectivity index (χ1) is 9.34. The number of fused-ring (bicyclic) bond motifs is 1. The molecule has 1 aliphatic heterocycles. The molecule has 1 aliphatic rings. The summed E-state index contributed by atoms with van der Waals surface area (Å²) >= 11 is 0. The Morgan fingerprint density at radius 1 is 1.05 bits per heavy atom.